The van der Waals surface area contributed by atoms with Crippen molar-refractivity contribution in [2.24, 2.45) is 5.92 Å². The van der Waals surface area contributed by atoms with E-state index in [1.54, 1.807) is 0 Å². The summed E-state index contributed by atoms with van der Waals surface area (Å²) in [5, 5.41) is 3.82. The van der Waals surface area contributed by atoms with Gasteiger partial charge in [0.25, 0.3) is 0 Å². The molecule has 0 aliphatic heterocycles. The zero-order chi connectivity index (χ0) is 15.4. The second-order valence-corrected chi connectivity index (χ2v) is 7.11. The molecule has 1 aromatic rings. The van der Waals surface area contributed by atoms with Crippen LogP contribution in [0, 0.1) is 12.8 Å². The van der Waals surface area contributed by atoms with Gasteiger partial charge in [-0.15, -0.1) is 0 Å². The highest BCUT2D eigenvalue weighted by atomic mass is 15.2. The van der Waals surface area contributed by atoms with Gasteiger partial charge in [0.2, 0.25) is 0 Å². The molecule has 1 aliphatic carbocycles. The van der Waals surface area contributed by atoms with Crippen LogP contribution in [0.25, 0.3) is 0 Å². The van der Waals surface area contributed by atoms with Gasteiger partial charge in [0.05, 0.1) is 0 Å². The number of nitrogens with one attached hydrogen (secondary N) is 1. The molecule has 1 N–H and O–H groups in total. The van der Waals surface area contributed by atoms with E-state index in [0.29, 0.717) is 18.1 Å². The van der Waals surface area contributed by atoms with E-state index in [0.717, 1.165) is 19.0 Å². The molecule has 1 aliphatic rings. The van der Waals surface area contributed by atoms with Crippen LogP contribution in [0.3, 0.4) is 0 Å². The van der Waals surface area contributed by atoms with Crippen LogP contribution in [0.1, 0.15) is 57.7 Å². The zero-order valence-corrected chi connectivity index (χ0v) is 14.4. The van der Waals surface area contributed by atoms with Crippen LogP contribution in [-0.4, -0.2) is 30.1 Å². The van der Waals surface area contributed by atoms with Crippen molar-refractivity contribution in [1.29, 1.82) is 0 Å². The molecule has 0 bridgehead atoms. The first kappa shape index (κ1) is 16.5. The molecule has 0 heterocycles. The molecule has 1 unspecified atom stereocenters. The molecular formula is C19H32N2. The van der Waals surface area contributed by atoms with Gasteiger partial charge in [0.15, 0.2) is 0 Å². The Morgan fingerprint density at radius 1 is 1.05 bits per heavy atom. The van der Waals surface area contributed by atoms with E-state index >= 15 is 0 Å². The Bertz CT molecular complexity index is 410. The maximum absolute atomic E-state index is 3.82. The standard InChI is InChI=1S/C19H32N2/c1-14(2)21(15(3)4)13-12-20-19(18-10-11-18)17-8-6-16(5)7-9-17/h6-9,14-15,18-20H,10-13H2,1-5H3. The Morgan fingerprint density at radius 3 is 2.10 bits per heavy atom. The molecular weight excluding hydrogens is 256 g/mol. The number of benzene rings is 1. The lowest BCUT2D eigenvalue weighted by Gasteiger charge is -2.31. The smallest absolute Gasteiger partial charge is 0.0349 e. The van der Waals surface area contributed by atoms with Gasteiger partial charge in [-0.05, 0) is 58.9 Å². The summed E-state index contributed by atoms with van der Waals surface area (Å²) in [5.74, 6) is 0.847. The van der Waals surface area contributed by atoms with Gasteiger partial charge in [-0.1, -0.05) is 29.8 Å². The highest BCUT2D eigenvalue weighted by Gasteiger charge is 2.31. The Morgan fingerprint density at radius 2 is 1.62 bits per heavy atom. The van der Waals surface area contributed by atoms with Crippen LogP contribution in [0.15, 0.2) is 24.3 Å². The lowest BCUT2D eigenvalue weighted by Crippen LogP contribution is -2.42. The van der Waals surface area contributed by atoms with Gasteiger partial charge in [-0.25, -0.2) is 0 Å². The van der Waals surface area contributed by atoms with Gasteiger partial charge in [0.1, 0.15) is 0 Å². The van der Waals surface area contributed by atoms with Crippen molar-refractivity contribution in [3.05, 3.63) is 35.4 Å². The van der Waals surface area contributed by atoms with Crippen molar-refractivity contribution < 1.29 is 0 Å². The lowest BCUT2D eigenvalue weighted by atomic mass is 10.0. The van der Waals surface area contributed by atoms with Crippen LogP contribution in [0.5, 0.6) is 0 Å². The second-order valence-electron chi connectivity index (χ2n) is 7.11. The summed E-state index contributed by atoms with van der Waals surface area (Å²) in [7, 11) is 0. The van der Waals surface area contributed by atoms with E-state index in [2.05, 4.69) is 69.1 Å². The van der Waals surface area contributed by atoms with E-state index < -0.39 is 0 Å². The maximum Gasteiger partial charge on any atom is 0.0349 e. The monoisotopic (exact) mass is 288 g/mol. The maximum atomic E-state index is 3.82. The molecule has 21 heavy (non-hydrogen) atoms. The fourth-order valence-corrected chi connectivity index (χ4v) is 3.22. The number of aryl methyl sites for hydroxylation is 1. The molecule has 0 aromatic heterocycles. The highest BCUT2D eigenvalue weighted by Crippen LogP contribution is 2.40. The second kappa shape index (κ2) is 7.42. The van der Waals surface area contributed by atoms with Gasteiger partial charge in [-0.2, -0.15) is 0 Å². The Labute approximate surface area is 130 Å². The third kappa shape index (κ3) is 4.82. The molecule has 0 amide bonds. The quantitative estimate of drug-likeness (QED) is 0.773. The summed E-state index contributed by atoms with van der Waals surface area (Å²) in [6.07, 6.45) is 2.76. The molecule has 2 rings (SSSR count). The minimum absolute atomic E-state index is 0.548. The molecule has 1 aromatic carbocycles. The van der Waals surface area contributed by atoms with E-state index in [1.807, 2.05) is 0 Å². The van der Waals surface area contributed by atoms with Crippen LogP contribution >= 0.6 is 0 Å². The molecule has 1 saturated carbocycles. The molecule has 2 nitrogen and oxygen atoms in total. The van der Waals surface area contributed by atoms with Gasteiger partial charge < -0.3 is 5.32 Å². The van der Waals surface area contributed by atoms with Gasteiger partial charge >= 0.3 is 0 Å². The summed E-state index contributed by atoms with van der Waals surface area (Å²) in [4.78, 5) is 2.56. The lowest BCUT2D eigenvalue weighted by molar-refractivity contribution is 0.173. The van der Waals surface area contributed by atoms with Crippen molar-refractivity contribution in [3.63, 3.8) is 0 Å². The van der Waals surface area contributed by atoms with Gasteiger partial charge in [0, 0.05) is 31.2 Å². The third-order valence-electron chi connectivity index (χ3n) is 4.59. The number of hydrogen-bond acceptors (Lipinski definition) is 2. The average Bonchev–Trinajstić information content (AvgIpc) is 3.24. The largest absolute Gasteiger partial charge is 0.308 e. The SMILES string of the molecule is Cc1ccc(C(NCCN(C(C)C)C(C)C)C2CC2)cc1. The molecule has 2 heteroatoms. The molecule has 0 spiro atoms. The van der Waals surface area contributed by atoms with Crippen LogP contribution in [-0.2, 0) is 0 Å². The van der Waals surface area contributed by atoms with Crippen molar-refractivity contribution in [1.82, 2.24) is 10.2 Å². The summed E-state index contributed by atoms with van der Waals surface area (Å²) in [6, 6.07) is 10.9. The molecule has 0 radical (unpaired) electrons. The van der Waals surface area contributed by atoms with E-state index in [4.69, 9.17) is 0 Å². The normalized spacial score (nSPS) is 17.0. The van der Waals surface area contributed by atoms with E-state index in [9.17, 15) is 0 Å². The summed E-state index contributed by atoms with van der Waals surface area (Å²) < 4.78 is 0. The minimum Gasteiger partial charge on any atom is -0.308 e. The van der Waals surface area contributed by atoms with Crippen LogP contribution < -0.4 is 5.32 Å². The number of hydrogen-bond donors (Lipinski definition) is 1. The Balaban J connectivity index is 1.90. The molecule has 0 saturated heterocycles. The van der Waals surface area contributed by atoms with Crippen LogP contribution in [0.4, 0.5) is 0 Å². The number of rotatable bonds is 8. The van der Waals surface area contributed by atoms with Crippen molar-refractivity contribution >= 4 is 0 Å². The van der Waals surface area contributed by atoms with Crippen molar-refractivity contribution in [2.45, 2.75) is 65.6 Å². The topological polar surface area (TPSA) is 15.3 Å². The summed E-state index contributed by atoms with van der Waals surface area (Å²) >= 11 is 0. The predicted octanol–water partition coefficient (Wildman–Crippen LogP) is 4.15. The fourth-order valence-electron chi connectivity index (χ4n) is 3.22. The summed E-state index contributed by atoms with van der Waals surface area (Å²) in [6.45, 7) is 13.5. The Kier molecular flexibility index (Phi) is 5.83. The first-order valence-corrected chi connectivity index (χ1v) is 8.54. The molecule has 118 valence electrons. The Hall–Kier alpha value is -0.860. The van der Waals surface area contributed by atoms with Crippen LogP contribution in [0.2, 0.25) is 0 Å². The third-order valence-corrected chi connectivity index (χ3v) is 4.59. The first-order chi connectivity index (χ1) is 9.99. The van der Waals surface area contributed by atoms with Crippen molar-refractivity contribution in [3.8, 4) is 0 Å². The van der Waals surface area contributed by atoms with Gasteiger partial charge in [-0.3, -0.25) is 4.90 Å². The molecule has 1 atom stereocenters. The predicted molar refractivity (Wildman–Crippen MR) is 91.6 cm³/mol. The first-order valence-electron chi connectivity index (χ1n) is 8.54. The molecule has 1 fully saturated rings. The van der Waals surface area contributed by atoms with Crippen molar-refractivity contribution in [2.75, 3.05) is 13.1 Å². The number of nitrogens with zero attached hydrogens (tertiary/aromatic N) is 1. The average molecular weight is 288 g/mol. The highest BCUT2D eigenvalue weighted by molar-refractivity contribution is 5.25. The minimum atomic E-state index is 0.548. The summed E-state index contributed by atoms with van der Waals surface area (Å²) in [5.41, 5.74) is 2.81. The fraction of sp³-hybridized carbons (Fsp3) is 0.684. The van der Waals surface area contributed by atoms with E-state index in [1.165, 1.54) is 24.0 Å². The van der Waals surface area contributed by atoms with E-state index in [-0.39, 0.29) is 0 Å². The zero-order valence-electron chi connectivity index (χ0n) is 14.4.